The Morgan fingerprint density at radius 1 is 1.00 bits per heavy atom. The number of sulfonamides is 1. The molecule has 2 aromatic carbocycles. The van der Waals surface area contributed by atoms with Crippen LogP contribution in [0.5, 0.6) is 17.2 Å². The molecular weight excluding hydrogens is 407 g/mol. The number of nitrogens with one attached hydrogen (secondary N) is 1. The van der Waals surface area contributed by atoms with Crippen LogP contribution >= 0.6 is 11.3 Å². The molecule has 0 unspecified atom stereocenters. The topological polar surface area (TPSA) is 86.8 Å². The van der Waals surface area contributed by atoms with Crippen molar-refractivity contribution < 1.29 is 27.0 Å². The quantitative estimate of drug-likeness (QED) is 0.621. The molecule has 0 aliphatic rings. The van der Waals surface area contributed by atoms with E-state index in [0.29, 0.717) is 28.5 Å². The van der Waals surface area contributed by atoms with Crippen LogP contribution in [0.25, 0.3) is 11.3 Å². The Labute approximate surface area is 165 Å². The molecule has 0 bridgehead atoms. The van der Waals surface area contributed by atoms with Gasteiger partial charge in [-0.2, -0.15) is 0 Å². The first kappa shape index (κ1) is 19.9. The molecule has 7 nitrogen and oxygen atoms in total. The lowest BCUT2D eigenvalue weighted by molar-refractivity contribution is 0.324. The molecule has 0 aliphatic carbocycles. The molecule has 0 spiro atoms. The Bertz CT molecular complexity index is 1060. The summed E-state index contributed by atoms with van der Waals surface area (Å²) in [5, 5.41) is 1.87. The Balaban J connectivity index is 1.91. The van der Waals surface area contributed by atoms with E-state index in [2.05, 4.69) is 9.71 Å². The van der Waals surface area contributed by atoms with E-state index >= 15 is 0 Å². The number of rotatable bonds is 7. The van der Waals surface area contributed by atoms with Crippen LogP contribution in [0.4, 0.5) is 9.52 Å². The molecule has 0 aliphatic heterocycles. The van der Waals surface area contributed by atoms with Crippen molar-refractivity contribution in [2.75, 3.05) is 26.1 Å². The van der Waals surface area contributed by atoms with Gasteiger partial charge in [0, 0.05) is 10.9 Å². The van der Waals surface area contributed by atoms with E-state index in [4.69, 9.17) is 14.2 Å². The standard InChI is InChI=1S/C18H17FN2O5S2/c1-24-15-8-11(9-16(25-2)17(15)26-3)14-10-27-18(20-14)21-28(22,23)13-6-4-12(19)5-7-13/h4-10H,1-3H3,(H,20,21). The van der Waals surface area contributed by atoms with Crippen molar-refractivity contribution in [3.8, 4) is 28.5 Å². The lowest BCUT2D eigenvalue weighted by Crippen LogP contribution is -2.12. The fraction of sp³-hybridized carbons (Fsp3) is 0.167. The SMILES string of the molecule is COc1cc(-c2csc(NS(=O)(=O)c3ccc(F)cc3)n2)cc(OC)c1OC. The minimum absolute atomic E-state index is 0.0570. The van der Waals surface area contributed by atoms with E-state index in [1.165, 1.54) is 33.5 Å². The third-order valence-corrected chi connectivity index (χ3v) is 6.05. The van der Waals surface area contributed by atoms with Gasteiger partial charge in [-0.1, -0.05) is 0 Å². The molecule has 0 amide bonds. The number of hydrogen-bond donors (Lipinski definition) is 1. The van der Waals surface area contributed by atoms with Gasteiger partial charge >= 0.3 is 0 Å². The maximum atomic E-state index is 13.0. The van der Waals surface area contributed by atoms with Crippen LogP contribution in [-0.2, 0) is 10.0 Å². The number of nitrogens with zero attached hydrogens (tertiary/aromatic N) is 1. The van der Waals surface area contributed by atoms with Gasteiger partial charge < -0.3 is 14.2 Å². The van der Waals surface area contributed by atoms with Crippen LogP contribution in [0.15, 0.2) is 46.7 Å². The number of aromatic nitrogens is 1. The van der Waals surface area contributed by atoms with Gasteiger partial charge in [-0.05, 0) is 36.4 Å². The highest BCUT2D eigenvalue weighted by molar-refractivity contribution is 7.93. The third-order valence-electron chi connectivity index (χ3n) is 3.81. The van der Waals surface area contributed by atoms with Crippen LogP contribution in [0.1, 0.15) is 0 Å². The number of hydrogen-bond acceptors (Lipinski definition) is 7. The number of benzene rings is 2. The lowest BCUT2D eigenvalue weighted by Gasteiger charge is -2.13. The number of thiazole rings is 1. The van der Waals surface area contributed by atoms with Crippen molar-refractivity contribution in [1.29, 1.82) is 0 Å². The third kappa shape index (κ3) is 4.02. The molecule has 3 rings (SSSR count). The average Bonchev–Trinajstić information content (AvgIpc) is 3.14. The summed E-state index contributed by atoms with van der Waals surface area (Å²) in [5.41, 5.74) is 1.19. The summed E-state index contributed by atoms with van der Waals surface area (Å²) in [6.45, 7) is 0. The largest absolute Gasteiger partial charge is 0.493 e. The Hall–Kier alpha value is -2.85. The molecule has 148 valence electrons. The number of methoxy groups -OCH3 is 3. The Morgan fingerprint density at radius 3 is 2.14 bits per heavy atom. The second kappa shape index (κ2) is 8.03. The highest BCUT2D eigenvalue weighted by Gasteiger charge is 2.19. The zero-order chi connectivity index (χ0) is 20.3. The van der Waals surface area contributed by atoms with Crippen LogP contribution in [-0.4, -0.2) is 34.7 Å². The monoisotopic (exact) mass is 424 g/mol. The minimum atomic E-state index is -3.87. The molecule has 1 N–H and O–H groups in total. The Kier molecular flexibility index (Phi) is 5.71. The van der Waals surface area contributed by atoms with Crippen molar-refractivity contribution in [3.05, 3.63) is 47.6 Å². The maximum Gasteiger partial charge on any atom is 0.263 e. The summed E-state index contributed by atoms with van der Waals surface area (Å²) in [6.07, 6.45) is 0. The molecule has 1 heterocycles. The molecule has 1 aromatic heterocycles. The molecule has 0 saturated heterocycles. The normalized spacial score (nSPS) is 11.1. The van der Waals surface area contributed by atoms with Crippen molar-refractivity contribution in [3.63, 3.8) is 0 Å². The zero-order valence-corrected chi connectivity index (χ0v) is 16.9. The van der Waals surface area contributed by atoms with E-state index in [1.54, 1.807) is 17.5 Å². The summed E-state index contributed by atoms with van der Waals surface area (Å²) in [6, 6.07) is 7.97. The van der Waals surface area contributed by atoms with Gasteiger partial charge in [-0.3, -0.25) is 4.72 Å². The zero-order valence-electron chi connectivity index (χ0n) is 15.2. The van der Waals surface area contributed by atoms with Crippen molar-refractivity contribution >= 4 is 26.5 Å². The fourth-order valence-electron chi connectivity index (χ4n) is 2.47. The van der Waals surface area contributed by atoms with Crippen LogP contribution in [0.3, 0.4) is 0 Å². The fourth-order valence-corrected chi connectivity index (χ4v) is 4.44. The highest BCUT2D eigenvalue weighted by atomic mass is 32.2. The summed E-state index contributed by atoms with van der Waals surface area (Å²) in [5.74, 6) is 0.843. The maximum absolute atomic E-state index is 13.0. The summed E-state index contributed by atoms with van der Waals surface area (Å²) >= 11 is 1.12. The van der Waals surface area contributed by atoms with Crippen LogP contribution in [0.2, 0.25) is 0 Å². The van der Waals surface area contributed by atoms with Gasteiger partial charge in [0.25, 0.3) is 10.0 Å². The van der Waals surface area contributed by atoms with Gasteiger partial charge in [0.2, 0.25) is 5.75 Å². The lowest BCUT2D eigenvalue weighted by atomic mass is 10.1. The van der Waals surface area contributed by atoms with Crippen molar-refractivity contribution in [1.82, 2.24) is 4.98 Å². The van der Waals surface area contributed by atoms with Crippen molar-refractivity contribution in [2.24, 2.45) is 0 Å². The second-order valence-electron chi connectivity index (χ2n) is 5.51. The van der Waals surface area contributed by atoms with Gasteiger partial charge in [-0.15, -0.1) is 11.3 Å². The molecule has 0 atom stereocenters. The molecule has 10 heteroatoms. The molecule has 3 aromatic rings. The summed E-state index contributed by atoms with van der Waals surface area (Å²) in [4.78, 5) is 4.26. The second-order valence-corrected chi connectivity index (χ2v) is 8.05. The molecule has 28 heavy (non-hydrogen) atoms. The van der Waals surface area contributed by atoms with E-state index in [9.17, 15) is 12.8 Å². The minimum Gasteiger partial charge on any atom is -0.493 e. The number of anilines is 1. The summed E-state index contributed by atoms with van der Waals surface area (Å²) in [7, 11) is 0.640. The van der Waals surface area contributed by atoms with Gasteiger partial charge in [0.15, 0.2) is 16.6 Å². The Morgan fingerprint density at radius 2 is 1.61 bits per heavy atom. The van der Waals surface area contributed by atoms with E-state index in [0.717, 1.165) is 23.5 Å². The predicted molar refractivity (Wildman–Crippen MR) is 104 cm³/mol. The number of ether oxygens (including phenoxy) is 3. The van der Waals surface area contributed by atoms with Crippen LogP contribution < -0.4 is 18.9 Å². The van der Waals surface area contributed by atoms with Gasteiger partial charge in [-0.25, -0.2) is 17.8 Å². The van der Waals surface area contributed by atoms with Crippen LogP contribution in [0, 0.1) is 5.82 Å². The van der Waals surface area contributed by atoms with Crippen molar-refractivity contribution in [2.45, 2.75) is 4.90 Å². The van der Waals surface area contributed by atoms with Gasteiger partial charge in [0.1, 0.15) is 5.82 Å². The number of halogens is 1. The average molecular weight is 424 g/mol. The molecule has 0 saturated carbocycles. The molecule has 0 fully saturated rings. The van der Waals surface area contributed by atoms with E-state index < -0.39 is 15.8 Å². The van der Waals surface area contributed by atoms with E-state index in [-0.39, 0.29) is 10.0 Å². The first-order valence-electron chi connectivity index (χ1n) is 7.92. The predicted octanol–water partition coefficient (Wildman–Crippen LogP) is 3.78. The highest BCUT2D eigenvalue weighted by Crippen LogP contribution is 2.41. The molecular formula is C18H17FN2O5S2. The molecule has 0 radical (unpaired) electrons. The van der Waals surface area contributed by atoms with E-state index in [1.807, 2.05) is 0 Å². The first-order chi connectivity index (χ1) is 13.4. The summed E-state index contributed by atoms with van der Waals surface area (Å²) < 4.78 is 56.2. The van der Waals surface area contributed by atoms with Gasteiger partial charge in [0.05, 0.1) is 31.9 Å². The first-order valence-corrected chi connectivity index (χ1v) is 10.3. The smallest absolute Gasteiger partial charge is 0.263 e.